The van der Waals surface area contributed by atoms with Crippen LogP contribution in [0.15, 0.2) is 82.2 Å². The number of halogens is 1. The first kappa shape index (κ1) is 30.4. The maximum Gasteiger partial charge on any atom is 0.264 e. The Bertz CT molecular complexity index is 1410. The Morgan fingerprint density at radius 2 is 1.62 bits per heavy atom. The molecule has 9 heteroatoms. The number of sulfonamides is 1. The molecule has 0 spiro atoms. The number of nitrogens with zero attached hydrogens (tertiary/aromatic N) is 2. The average Bonchev–Trinajstić information content (AvgIpc) is 2.90. The second kappa shape index (κ2) is 13.3. The predicted octanol–water partition coefficient (Wildman–Crippen LogP) is 5.59. The summed E-state index contributed by atoms with van der Waals surface area (Å²) in [5, 5.41) is 2.94. The molecule has 0 aromatic heterocycles. The highest BCUT2D eigenvalue weighted by Crippen LogP contribution is 2.27. The normalized spacial score (nSPS) is 12.9. The van der Waals surface area contributed by atoms with Crippen LogP contribution in [-0.2, 0) is 26.2 Å². The number of carbonyl (C=O) groups excluding carboxylic acids is 2. The van der Waals surface area contributed by atoms with Gasteiger partial charge in [-0.1, -0.05) is 70.9 Å². The molecule has 2 atom stereocenters. The highest BCUT2D eigenvalue weighted by Gasteiger charge is 2.33. The second-order valence-electron chi connectivity index (χ2n) is 9.76. The fourth-order valence-electron chi connectivity index (χ4n) is 4.07. The molecule has 0 aliphatic carbocycles. The largest absolute Gasteiger partial charge is 0.352 e. The lowest BCUT2D eigenvalue weighted by Crippen LogP contribution is -2.52. The minimum absolute atomic E-state index is 0.0619. The monoisotopic (exact) mass is 613 g/mol. The van der Waals surface area contributed by atoms with Gasteiger partial charge in [0.15, 0.2) is 0 Å². The van der Waals surface area contributed by atoms with Gasteiger partial charge in [0.1, 0.15) is 12.6 Å². The van der Waals surface area contributed by atoms with Crippen molar-refractivity contribution in [3.05, 3.63) is 94.0 Å². The lowest BCUT2D eigenvalue weighted by molar-refractivity contribution is -0.139. The van der Waals surface area contributed by atoms with Crippen LogP contribution in [0.2, 0.25) is 0 Å². The Hall–Kier alpha value is -3.17. The average molecular weight is 615 g/mol. The Balaban J connectivity index is 2.04. The molecule has 0 fully saturated rings. The fraction of sp³-hybridized carbons (Fsp3) is 0.333. The van der Waals surface area contributed by atoms with Crippen LogP contribution in [0.4, 0.5) is 5.69 Å². The van der Waals surface area contributed by atoms with Crippen LogP contribution < -0.4 is 9.62 Å². The van der Waals surface area contributed by atoms with Crippen molar-refractivity contribution >= 4 is 43.5 Å². The zero-order chi connectivity index (χ0) is 28.7. The number of aryl methyl sites for hydroxylation is 2. The van der Waals surface area contributed by atoms with Crippen molar-refractivity contribution in [3.8, 4) is 0 Å². The summed E-state index contributed by atoms with van der Waals surface area (Å²) in [4.78, 5) is 28.6. The molecule has 0 aliphatic heterocycles. The van der Waals surface area contributed by atoms with E-state index in [0.29, 0.717) is 11.3 Å². The molecule has 0 bridgehead atoms. The predicted molar refractivity (Wildman–Crippen MR) is 159 cm³/mol. The summed E-state index contributed by atoms with van der Waals surface area (Å²) in [7, 11) is -4.09. The van der Waals surface area contributed by atoms with Crippen molar-refractivity contribution in [2.75, 3.05) is 10.8 Å². The molecule has 0 unspecified atom stereocenters. The first-order chi connectivity index (χ1) is 18.4. The first-order valence-corrected chi connectivity index (χ1v) is 15.2. The van der Waals surface area contributed by atoms with Crippen molar-refractivity contribution in [1.82, 2.24) is 10.2 Å². The SMILES string of the molecule is CC[C@H](C)NC(=O)[C@@H](C)N(Cc1cccc(Br)c1)C(=O)CN(c1ccccc1C)S(=O)(=O)c1ccc(C)cc1. The van der Waals surface area contributed by atoms with Crippen LogP contribution in [0.25, 0.3) is 0 Å². The van der Waals surface area contributed by atoms with Crippen LogP contribution in [0, 0.1) is 13.8 Å². The van der Waals surface area contributed by atoms with Gasteiger partial charge in [-0.15, -0.1) is 0 Å². The molecule has 0 saturated carbocycles. The van der Waals surface area contributed by atoms with Crippen molar-refractivity contribution in [1.29, 1.82) is 0 Å². The summed E-state index contributed by atoms with van der Waals surface area (Å²) >= 11 is 3.46. The Kier molecular flexibility index (Phi) is 10.3. The van der Waals surface area contributed by atoms with E-state index in [0.717, 1.165) is 26.3 Å². The molecule has 0 radical (unpaired) electrons. The number of nitrogens with one attached hydrogen (secondary N) is 1. The summed E-state index contributed by atoms with van der Waals surface area (Å²) in [5.74, 6) is -0.780. The van der Waals surface area contributed by atoms with Crippen LogP contribution >= 0.6 is 15.9 Å². The summed E-state index contributed by atoms with van der Waals surface area (Å²) in [6, 6.07) is 20.2. The number of amides is 2. The van der Waals surface area contributed by atoms with E-state index in [-0.39, 0.29) is 23.4 Å². The van der Waals surface area contributed by atoms with Gasteiger partial charge >= 0.3 is 0 Å². The molecular formula is C30H36BrN3O4S. The van der Waals surface area contributed by atoms with E-state index in [2.05, 4.69) is 21.2 Å². The Labute approximate surface area is 240 Å². The minimum atomic E-state index is -4.09. The van der Waals surface area contributed by atoms with Crippen molar-refractivity contribution in [2.24, 2.45) is 0 Å². The summed E-state index contributed by atoms with van der Waals surface area (Å²) in [5.41, 5.74) is 2.85. The maximum absolute atomic E-state index is 14.0. The van der Waals surface area contributed by atoms with Crippen LogP contribution in [-0.4, -0.2) is 43.8 Å². The van der Waals surface area contributed by atoms with E-state index in [1.54, 1.807) is 56.3 Å². The molecule has 39 heavy (non-hydrogen) atoms. The fourth-order valence-corrected chi connectivity index (χ4v) is 6.00. The van der Waals surface area contributed by atoms with Gasteiger partial charge in [0, 0.05) is 17.1 Å². The van der Waals surface area contributed by atoms with Crippen LogP contribution in [0.5, 0.6) is 0 Å². The number of anilines is 1. The topological polar surface area (TPSA) is 86.8 Å². The Morgan fingerprint density at radius 1 is 0.949 bits per heavy atom. The molecular weight excluding hydrogens is 578 g/mol. The molecule has 0 aliphatic rings. The van der Waals surface area contributed by atoms with Gasteiger partial charge < -0.3 is 10.2 Å². The third kappa shape index (κ3) is 7.70. The van der Waals surface area contributed by atoms with Crippen molar-refractivity contribution < 1.29 is 18.0 Å². The highest BCUT2D eigenvalue weighted by atomic mass is 79.9. The summed E-state index contributed by atoms with van der Waals surface area (Å²) in [6.45, 7) is 8.90. The zero-order valence-electron chi connectivity index (χ0n) is 23.0. The highest BCUT2D eigenvalue weighted by molar-refractivity contribution is 9.10. The van der Waals surface area contributed by atoms with E-state index in [9.17, 15) is 18.0 Å². The van der Waals surface area contributed by atoms with Crippen LogP contribution in [0.1, 0.15) is 43.9 Å². The zero-order valence-corrected chi connectivity index (χ0v) is 25.4. The van der Waals surface area contributed by atoms with Gasteiger partial charge in [-0.3, -0.25) is 13.9 Å². The second-order valence-corrected chi connectivity index (χ2v) is 12.5. The molecule has 1 N–H and O–H groups in total. The van der Waals surface area contributed by atoms with Gasteiger partial charge in [0.25, 0.3) is 10.0 Å². The van der Waals surface area contributed by atoms with Gasteiger partial charge in [0.05, 0.1) is 10.6 Å². The molecule has 0 saturated heterocycles. The first-order valence-electron chi connectivity index (χ1n) is 12.9. The van der Waals surface area contributed by atoms with Gasteiger partial charge in [0.2, 0.25) is 11.8 Å². The number of hydrogen-bond acceptors (Lipinski definition) is 4. The van der Waals surface area contributed by atoms with Crippen LogP contribution in [0.3, 0.4) is 0 Å². The lowest BCUT2D eigenvalue weighted by atomic mass is 10.1. The molecule has 3 aromatic carbocycles. The number of para-hydroxylation sites is 1. The number of benzene rings is 3. The standard InChI is InChI=1S/C30H36BrN3O4S/c1-6-23(4)32-30(36)24(5)33(19-25-11-9-12-26(31)18-25)29(35)20-34(28-13-8-7-10-22(28)3)39(37,38)27-16-14-21(2)15-17-27/h7-18,23-24H,6,19-20H2,1-5H3,(H,32,36)/t23-,24+/m0/s1. The minimum Gasteiger partial charge on any atom is -0.352 e. The van der Waals surface area contributed by atoms with Crippen molar-refractivity contribution in [3.63, 3.8) is 0 Å². The third-order valence-electron chi connectivity index (χ3n) is 6.68. The smallest absolute Gasteiger partial charge is 0.264 e. The van der Waals surface area contributed by atoms with E-state index < -0.39 is 28.5 Å². The summed E-state index contributed by atoms with van der Waals surface area (Å²) in [6.07, 6.45) is 0.744. The van der Waals surface area contributed by atoms with E-state index in [1.807, 2.05) is 51.1 Å². The van der Waals surface area contributed by atoms with Crippen molar-refractivity contribution in [2.45, 2.75) is 64.6 Å². The quantitative estimate of drug-likeness (QED) is 0.305. The van der Waals surface area contributed by atoms with E-state index in [4.69, 9.17) is 0 Å². The van der Waals surface area contributed by atoms with Gasteiger partial charge in [-0.25, -0.2) is 8.42 Å². The van der Waals surface area contributed by atoms with E-state index >= 15 is 0 Å². The molecule has 2 amide bonds. The Morgan fingerprint density at radius 3 is 2.23 bits per heavy atom. The number of hydrogen-bond donors (Lipinski definition) is 1. The number of rotatable bonds is 11. The lowest BCUT2D eigenvalue weighted by Gasteiger charge is -2.33. The van der Waals surface area contributed by atoms with E-state index in [1.165, 1.54) is 4.90 Å². The molecule has 3 aromatic rings. The van der Waals surface area contributed by atoms with Gasteiger partial charge in [-0.05, 0) is 75.6 Å². The van der Waals surface area contributed by atoms with Gasteiger partial charge in [-0.2, -0.15) is 0 Å². The molecule has 3 rings (SSSR count). The maximum atomic E-state index is 14.0. The molecule has 7 nitrogen and oxygen atoms in total. The molecule has 208 valence electrons. The third-order valence-corrected chi connectivity index (χ3v) is 8.95. The number of carbonyl (C=O) groups is 2. The molecule has 0 heterocycles. The summed E-state index contributed by atoms with van der Waals surface area (Å²) < 4.78 is 29.8.